The number of piperidine rings is 1. The van der Waals surface area contributed by atoms with Crippen LogP contribution in [0.1, 0.15) is 37.2 Å². The Kier molecular flexibility index (Phi) is 4.09. The van der Waals surface area contributed by atoms with Gasteiger partial charge in [-0.05, 0) is 26.7 Å². The molecular formula is C13H23N5O. The number of aromatic nitrogens is 2. The van der Waals surface area contributed by atoms with Crippen LogP contribution < -0.4 is 5.73 Å². The minimum absolute atomic E-state index is 0.0713. The van der Waals surface area contributed by atoms with Crippen molar-refractivity contribution in [2.75, 3.05) is 25.9 Å². The van der Waals surface area contributed by atoms with Crippen LogP contribution in [0.15, 0.2) is 6.20 Å². The van der Waals surface area contributed by atoms with E-state index in [9.17, 15) is 4.79 Å². The van der Waals surface area contributed by atoms with Gasteiger partial charge in [0.05, 0.1) is 11.9 Å². The number of likely N-dealkylation sites (tertiary alicyclic amines) is 1. The molecule has 1 saturated heterocycles. The van der Waals surface area contributed by atoms with Crippen LogP contribution in [0, 0.1) is 0 Å². The number of nitrogens with two attached hydrogens (primary N) is 1. The van der Waals surface area contributed by atoms with Crippen LogP contribution in [0.2, 0.25) is 0 Å². The molecule has 1 amide bonds. The molecule has 1 fully saturated rings. The number of nitrogens with zero attached hydrogens (tertiary/aromatic N) is 3. The molecule has 3 N–H and O–H groups in total. The maximum Gasteiger partial charge on any atom is 0.274 e. The molecule has 0 bridgehead atoms. The van der Waals surface area contributed by atoms with Crippen LogP contribution >= 0.6 is 0 Å². The topological polar surface area (TPSA) is 78.2 Å². The summed E-state index contributed by atoms with van der Waals surface area (Å²) >= 11 is 0. The minimum atomic E-state index is -0.0713. The van der Waals surface area contributed by atoms with Crippen molar-refractivity contribution in [2.45, 2.75) is 38.8 Å². The van der Waals surface area contributed by atoms with Crippen LogP contribution in [-0.2, 0) is 0 Å². The molecule has 6 nitrogen and oxygen atoms in total. The lowest BCUT2D eigenvalue weighted by molar-refractivity contribution is 0.0611. The van der Waals surface area contributed by atoms with Gasteiger partial charge in [0, 0.05) is 32.2 Å². The van der Waals surface area contributed by atoms with E-state index >= 15 is 0 Å². The van der Waals surface area contributed by atoms with Gasteiger partial charge in [0.25, 0.3) is 5.91 Å². The number of anilines is 1. The van der Waals surface area contributed by atoms with Crippen LogP contribution in [0.4, 0.5) is 5.69 Å². The zero-order chi connectivity index (χ0) is 14.0. The Balaban J connectivity index is 1.96. The zero-order valence-electron chi connectivity index (χ0n) is 11.9. The van der Waals surface area contributed by atoms with E-state index in [2.05, 4.69) is 28.9 Å². The van der Waals surface area contributed by atoms with E-state index in [-0.39, 0.29) is 11.9 Å². The lowest BCUT2D eigenvalue weighted by Crippen LogP contribution is -2.47. The number of hydrogen-bond acceptors (Lipinski definition) is 4. The van der Waals surface area contributed by atoms with Gasteiger partial charge in [-0.2, -0.15) is 5.10 Å². The van der Waals surface area contributed by atoms with Gasteiger partial charge in [-0.1, -0.05) is 0 Å². The highest BCUT2D eigenvalue weighted by Gasteiger charge is 2.28. The number of carbonyl (C=O) groups is 1. The molecule has 2 heterocycles. The Morgan fingerprint density at radius 3 is 2.63 bits per heavy atom. The third-order valence-corrected chi connectivity index (χ3v) is 3.98. The summed E-state index contributed by atoms with van der Waals surface area (Å²) in [4.78, 5) is 16.5. The molecular weight excluding hydrogens is 242 g/mol. The second kappa shape index (κ2) is 5.61. The van der Waals surface area contributed by atoms with E-state index in [0.29, 0.717) is 17.4 Å². The number of hydrogen-bond donors (Lipinski definition) is 2. The first-order valence-electron chi connectivity index (χ1n) is 6.80. The van der Waals surface area contributed by atoms with Crippen molar-refractivity contribution in [3.05, 3.63) is 11.9 Å². The summed E-state index contributed by atoms with van der Waals surface area (Å²) in [7, 11) is 1.85. The predicted molar refractivity (Wildman–Crippen MR) is 74.8 cm³/mol. The smallest absolute Gasteiger partial charge is 0.274 e. The van der Waals surface area contributed by atoms with Gasteiger partial charge in [-0.15, -0.1) is 0 Å². The molecule has 0 aliphatic carbocycles. The summed E-state index contributed by atoms with van der Waals surface area (Å²) in [6, 6.07) is 0.857. The standard InChI is InChI=1S/C13H23N5O/c1-9(2)18-6-4-10(5-7-18)17(3)13(19)12-11(14)8-15-16-12/h8-10H,4-7,14H2,1-3H3,(H,15,16). The lowest BCUT2D eigenvalue weighted by Gasteiger charge is -2.38. The number of carbonyl (C=O) groups excluding carboxylic acids is 1. The van der Waals surface area contributed by atoms with E-state index in [0.717, 1.165) is 25.9 Å². The highest BCUT2D eigenvalue weighted by atomic mass is 16.2. The van der Waals surface area contributed by atoms with Crippen LogP contribution in [0.5, 0.6) is 0 Å². The second-order valence-electron chi connectivity index (χ2n) is 5.48. The highest BCUT2D eigenvalue weighted by Crippen LogP contribution is 2.19. The SMILES string of the molecule is CC(C)N1CCC(N(C)C(=O)c2[nH]ncc2N)CC1. The largest absolute Gasteiger partial charge is 0.396 e. The fraction of sp³-hybridized carbons (Fsp3) is 0.692. The van der Waals surface area contributed by atoms with Gasteiger partial charge in [-0.3, -0.25) is 9.89 Å². The fourth-order valence-electron chi connectivity index (χ4n) is 2.60. The van der Waals surface area contributed by atoms with Gasteiger partial charge in [0.2, 0.25) is 0 Å². The Morgan fingerprint density at radius 1 is 1.53 bits per heavy atom. The Hall–Kier alpha value is -1.56. The van der Waals surface area contributed by atoms with Crippen molar-refractivity contribution >= 4 is 11.6 Å². The van der Waals surface area contributed by atoms with Gasteiger partial charge in [0.1, 0.15) is 5.69 Å². The van der Waals surface area contributed by atoms with E-state index in [4.69, 9.17) is 5.73 Å². The molecule has 1 aliphatic rings. The number of H-pyrrole nitrogens is 1. The van der Waals surface area contributed by atoms with E-state index < -0.39 is 0 Å². The molecule has 0 unspecified atom stereocenters. The van der Waals surface area contributed by atoms with Crippen LogP contribution in [0.25, 0.3) is 0 Å². The molecule has 19 heavy (non-hydrogen) atoms. The average molecular weight is 265 g/mol. The fourth-order valence-corrected chi connectivity index (χ4v) is 2.60. The Labute approximate surface area is 113 Å². The number of nitrogen functional groups attached to an aromatic ring is 1. The van der Waals surface area contributed by atoms with E-state index in [1.807, 2.05) is 7.05 Å². The van der Waals surface area contributed by atoms with E-state index in [1.165, 1.54) is 6.20 Å². The first-order chi connectivity index (χ1) is 9.00. The summed E-state index contributed by atoms with van der Waals surface area (Å²) < 4.78 is 0. The zero-order valence-corrected chi connectivity index (χ0v) is 11.9. The quantitative estimate of drug-likeness (QED) is 0.852. The molecule has 2 rings (SSSR count). The van der Waals surface area contributed by atoms with Crippen molar-refractivity contribution in [3.8, 4) is 0 Å². The molecule has 0 spiro atoms. The molecule has 0 aromatic carbocycles. The third kappa shape index (κ3) is 2.89. The first kappa shape index (κ1) is 13.9. The molecule has 1 aliphatic heterocycles. The second-order valence-corrected chi connectivity index (χ2v) is 5.48. The summed E-state index contributed by atoms with van der Waals surface area (Å²) in [5.41, 5.74) is 6.53. The Bertz CT molecular complexity index is 434. The molecule has 106 valence electrons. The monoisotopic (exact) mass is 265 g/mol. The maximum absolute atomic E-state index is 12.3. The number of nitrogens with one attached hydrogen (secondary N) is 1. The molecule has 0 saturated carbocycles. The van der Waals surface area contributed by atoms with Crippen LogP contribution in [0.3, 0.4) is 0 Å². The van der Waals surface area contributed by atoms with E-state index in [1.54, 1.807) is 4.90 Å². The maximum atomic E-state index is 12.3. The molecule has 0 atom stereocenters. The minimum Gasteiger partial charge on any atom is -0.396 e. The summed E-state index contributed by atoms with van der Waals surface area (Å²) in [6.07, 6.45) is 3.49. The molecule has 0 radical (unpaired) electrons. The van der Waals surface area contributed by atoms with Crippen molar-refractivity contribution in [1.82, 2.24) is 20.0 Å². The summed E-state index contributed by atoms with van der Waals surface area (Å²) in [6.45, 7) is 6.50. The van der Waals surface area contributed by atoms with Crippen molar-refractivity contribution in [2.24, 2.45) is 0 Å². The van der Waals surface area contributed by atoms with Gasteiger partial charge in [0.15, 0.2) is 0 Å². The Morgan fingerprint density at radius 2 is 2.16 bits per heavy atom. The first-order valence-corrected chi connectivity index (χ1v) is 6.80. The highest BCUT2D eigenvalue weighted by molar-refractivity contribution is 5.97. The van der Waals surface area contributed by atoms with Crippen LogP contribution in [-0.4, -0.2) is 58.1 Å². The molecule has 1 aromatic heterocycles. The van der Waals surface area contributed by atoms with Gasteiger partial charge in [-0.25, -0.2) is 0 Å². The third-order valence-electron chi connectivity index (χ3n) is 3.98. The van der Waals surface area contributed by atoms with Gasteiger partial charge >= 0.3 is 0 Å². The average Bonchev–Trinajstić information content (AvgIpc) is 2.83. The molecule has 1 aromatic rings. The number of amides is 1. The lowest BCUT2D eigenvalue weighted by atomic mass is 10.0. The van der Waals surface area contributed by atoms with Crippen molar-refractivity contribution in [3.63, 3.8) is 0 Å². The number of aromatic amines is 1. The van der Waals surface area contributed by atoms with Gasteiger partial charge < -0.3 is 15.5 Å². The predicted octanol–water partition coefficient (Wildman–Crippen LogP) is 0.937. The number of rotatable bonds is 3. The van der Waals surface area contributed by atoms with Crippen molar-refractivity contribution < 1.29 is 4.79 Å². The summed E-state index contributed by atoms with van der Waals surface area (Å²) in [5, 5.41) is 6.48. The normalized spacial score (nSPS) is 17.9. The summed E-state index contributed by atoms with van der Waals surface area (Å²) in [5.74, 6) is -0.0713. The van der Waals surface area contributed by atoms with Crippen molar-refractivity contribution in [1.29, 1.82) is 0 Å². The molecule has 6 heteroatoms.